The Balaban J connectivity index is 1.06. The topological polar surface area (TPSA) is 103 Å². The van der Waals surface area contributed by atoms with Crippen LogP contribution in [0.5, 0.6) is 0 Å². The summed E-state index contributed by atoms with van der Waals surface area (Å²) in [6.07, 6.45) is 13.8. The first kappa shape index (κ1) is 34.6. The standard InChI is InChI=1S/C34H54ClNO7/c1-33-12-11-26(37)23-25(33)7-8-27-28-9-10-29(34(28,2)24-30(38)31(27)33)32(39)36-14-16-41-18-20-43-22-21-42-19-17-40-15-6-4-3-5-13-35/h11-12,23,27-31,38H,3-10,13-22,24H2,1-2H3,(H,36,39). The molecule has 0 radical (unpaired) electrons. The molecule has 1 amide bonds. The van der Waals surface area contributed by atoms with Crippen molar-refractivity contribution in [2.75, 3.05) is 65.3 Å². The molecule has 0 aromatic heterocycles. The Hall–Kier alpha value is -1.29. The number of carbonyl (C=O) groups is 2. The second-order valence-corrected chi connectivity index (χ2v) is 13.7. The van der Waals surface area contributed by atoms with E-state index >= 15 is 0 Å². The number of nitrogens with one attached hydrogen (secondary N) is 1. The number of amides is 1. The maximum absolute atomic E-state index is 13.3. The van der Waals surface area contributed by atoms with E-state index in [1.54, 1.807) is 12.2 Å². The lowest BCUT2D eigenvalue weighted by Crippen LogP contribution is -2.57. The van der Waals surface area contributed by atoms with Gasteiger partial charge in [-0.25, -0.2) is 0 Å². The summed E-state index contributed by atoms with van der Waals surface area (Å²) < 4.78 is 22.3. The Labute approximate surface area is 263 Å². The molecule has 0 aliphatic heterocycles. The lowest BCUT2D eigenvalue weighted by Gasteiger charge is -2.58. The summed E-state index contributed by atoms with van der Waals surface area (Å²) in [6, 6.07) is 0. The Morgan fingerprint density at radius 2 is 1.58 bits per heavy atom. The highest BCUT2D eigenvalue weighted by Crippen LogP contribution is 2.65. The van der Waals surface area contributed by atoms with Crippen molar-refractivity contribution in [3.05, 3.63) is 23.8 Å². The van der Waals surface area contributed by atoms with Crippen LogP contribution < -0.4 is 5.32 Å². The summed E-state index contributed by atoms with van der Waals surface area (Å²) in [5.41, 5.74) is 0.672. The number of halogens is 1. The number of hydrogen-bond acceptors (Lipinski definition) is 7. The molecule has 0 saturated heterocycles. The van der Waals surface area contributed by atoms with E-state index in [9.17, 15) is 14.7 Å². The SMILES string of the molecule is CC12C=CC(=O)C=C1CCC1C2C(O)CC2(C)C(C(=O)NCCOCCOCCOCCOCCCCCCCl)CCC12. The first-order chi connectivity index (χ1) is 20.8. The van der Waals surface area contributed by atoms with E-state index in [1.807, 2.05) is 6.08 Å². The van der Waals surface area contributed by atoms with Gasteiger partial charge < -0.3 is 29.4 Å². The van der Waals surface area contributed by atoms with Crippen LogP contribution in [0.15, 0.2) is 23.8 Å². The highest BCUT2D eigenvalue weighted by molar-refractivity contribution is 6.17. The number of carbonyl (C=O) groups excluding carboxylic acids is 2. The molecule has 0 bridgehead atoms. The molecular formula is C34H54ClNO7. The maximum atomic E-state index is 13.3. The summed E-state index contributed by atoms with van der Waals surface area (Å²) in [4.78, 5) is 25.3. The second kappa shape index (κ2) is 16.9. The summed E-state index contributed by atoms with van der Waals surface area (Å²) in [7, 11) is 0. The van der Waals surface area contributed by atoms with Gasteiger partial charge in [-0.05, 0) is 74.3 Å². The minimum Gasteiger partial charge on any atom is -0.393 e. The zero-order chi connectivity index (χ0) is 30.7. The molecule has 9 heteroatoms. The molecule has 4 aliphatic carbocycles. The molecule has 4 rings (SSSR count). The lowest BCUT2D eigenvalue weighted by atomic mass is 9.47. The maximum Gasteiger partial charge on any atom is 0.223 e. The Bertz CT molecular complexity index is 972. The highest BCUT2D eigenvalue weighted by Gasteiger charge is 2.62. The molecule has 0 heterocycles. The highest BCUT2D eigenvalue weighted by atomic mass is 35.5. The molecule has 0 aromatic carbocycles. The van der Waals surface area contributed by atoms with Gasteiger partial charge in [0.1, 0.15) is 0 Å². The molecule has 7 atom stereocenters. The van der Waals surface area contributed by atoms with Crippen molar-refractivity contribution in [1.29, 1.82) is 0 Å². The van der Waals surface area contributed by atoms with Gasteiger partial charge in [0.15, 0.2) is 5.78 Å². The average molecular weight is 624 g/mol. The second-order valence-electron chi connectivity index (χ2n) is 13.3. The fraction of sp³-hybridized carbons (Fsp3) is 0.824. The third-order valence-corrected chi connectivity index (χ3v) is 10.9. The van der Waals surface area contributed by atoms with Crippen LogP contribution in [0.2, 0.25) is 0 Å². The van der Waals surface area contributed by atoms with Gasteiger partial charge >= 0.3 is 0 Å². The molecule has 2 N–H and O–H groups in total. The van der Waals surface area contributed by atoms with Crippen LogP contribution in [0.4, 0.5) is 0 Å². The van der Waals surface area contributed by atoms with E-state index in [0.29, 0.717) is 71.0 Å². The predicted octanol–water partition coefficient (Wildman–Crippen LogP) is 4.86. The number of ketones is 1. The quantitative estimate of drug-likeness (QED) is 0.156. The number of allylic oxidation sites excluding steroid dienone is 4. The van der Waals surface area contributed by atoms with Gasteiger partial charge in [0.25, 0.3) is 0 Å². The molecule has 244 valence electrons. The van der Waals surface area contributed by atoms with Crippen molar-refractivity contribution in [2.45, 2.75) is 77.7 Å². The van der Waals surface area contributed by atoms with Gasteiger partial charge in [0, 0.05) is 36.3 Å². The number of alkyl halides is 1. The Morgan fingerprint density at radius 3 is 2.28 bits per heavy atom. The largest absolute Gasteiger partial charge is 0.393 e. The summed E-state index contributed by atoms with van der Waals surface area (Å²) in [5, 5.41) is 14.6. The fourth-order valence-electron chi connectivity index (χ4n) is 8.54. The van der Waals surface area contributed by atoms with Crippen molar-refractivity contribution in [1.82, 2.24) is 5.32 Å². The lowest BCUT2D eigenvalue weighted by molar-refractivity contribution is -0.141. The van der Waals surface area contributed by atoms with Gasteiger partial charge in [-0.3, -0.25) is 9.59 Å². The number of fused-ring (bicyclic) bond motifs is 5. The van der Waals surface area contributed by atoms with E-state index in [2.05, 4.69) is 19.2 Å². The predicted molar refractivity (Wildman–Crippen MR) is 167 cm³/mol. The number of aliphatic hydroxyl groups is 1. The Kier molecular flexibility index (Phi) is 13.6. The van der Waals surface area contributed by atoms with Crippen molar-refractivity contribution < 1.29 is 33.6 Å². The molecule has 0 spiro atoms. The summed E-state index contributed by atoms with van der Waals surface area (Å²) in [5.74, 6) is 1.62. The minimum atomic E-state index is -0.491. The van der Waals surface area contributed by atoms with Crippen molar-refractivity contribution in [3.8, 4) is 0 Å². The van der Waals surface area contributed by atoms with Crippen LogP contribution >= 0.6 is 11.6 Å². The average Bonchev–Trinajstić information content (AvgIpc) is 3.33. The molecule has 4 aliphatic rings. The molecule has 8 nitrogen and oxygen atoms in total. The zero-order valence-corrected chi connectivity index (χ0v) is 27.1. The summed E-state index contributed by atoms with van der Waals surface area (Å²) in [6.45, 7) is 9.25. The number of aliphatic hydroxyl groups excluding tert-OH is 1. The molecule has 3 fully saturated rings. The van der Waals surface area contributed by atoms with E-state index in [1.165, 1.54) is 0 Å². The van der Waals surface area contributed by atoms with Crippen LogP contribution in [-0.2, 0) is 28.5 Å². The van der Waals surface area contributed by atoms with Crippen molar-refractivity contribution >= 4 is 23.3 Å². The van der Waals surface area contributed by atoms with Gasteiger partial charge in [0.2, 0.25) is 5.91 Å². The smallest absolute Gasteiger partial charge is 0.223 e. The molecule has 0 aromatic rings. The van der Waals surface area contributed by atoms with Crippen molar-refractivity contribution in [2.24, 2.45) is 34.5 Å². The van der Waals surface area contributed by atoms with E-state index in [4.69, 9.17) is 30.5 Å². The first-order valence-corrected chi connectivity index (χ1v) is 17.1. The molecular weight excluding hydrogens is 570 g/mol. The number of unbranched alkanes of at least 4 members (excludes halogenated alkanes) is 3. The van der Waals surface area contributed by atoms with Crippen molar-refractivity contribution in [3.63, 3.8) is 0 Å². The van der Waals surface area contributed by atoms with Gasteiger partial charge in [-0.2, -0.15) is 0 Å². The first-order valence-electron chi connectivity index (χ1n) is 16.6. The normalized spacial score (nSPS) is 33.1. The van der Waals surface area contributed by atoms with Gasteiger partial charge in [-0.15, -0.1) is 11.6 Å². The van der Waals surface area contributed by atoms with Gasteiger partial charge in [-0.1, -0.05) is 38.3 Å². The van der Waals surface area contributed by atoms with Gasteiger partial charge in [0.05, 0.1) is 52.4 Å². The Morgan fingerprint density at radius 1 is 0.930 bits per heavy atom. The summed E-state index contributed by atoms with van der Waals surface area (Å²) >= 11 is 5.67. The molecule has 43 heavy (non-hydrogen) atoms. The van der Waals surface area contributed by atoms with E-state index in [-0.39, 0.29) is 34.4 Å². The molecule has 7 unspecified atom stereocenters. The number of rotatable bonds is 19. The third-order valence-electron chi connectivity index (χ3n) is 10.6. The zero-order valence-electron chi connectivity index (χ0n) is 26.3. The third kappa shape index (κ3) is 8.71. The fourth-order valence-corrected chi connectivity index (χ4v) is 8.73. The van der Waals surface area contributed by atoms with Crippen LogP contribution in [0.3, 0.4) is 0 Å². The molecule has 3 saturated carbocycles. The van der Waals surface area contributed by atoms with Crippen LogP contribution in [0.25, 0.3) is 0 Å². The monoisotopic (exact) mass is 623 g/mol. The van der Waals surface area contributed by atoms with Crippen LogP contribution in [0, 0.1) is 34.5 Å². The number of hydrogen-bond donors (Lipinski definition) is 2. The van der Waals surface area contributed by atoms with Crippen LogP contribution in [-0.4, -0.2) is 88.2 Å². The van der Waals surface area contributed by atoms with E-state index < -0.39 is 6.10 Å². The van der Waals surface area contributed by atoms with Crippen LogP contribution in [0.1, 0.15) is 71.6 Å². The number of ether oxygens (including phenoxy) is 4. The minimum absolute atomic E-state index is 0.0535. The van der Waals surface area contributed by atoms with E-state index in [0.717, 1.165) is 69.4 Å².